The number of rotatable bonds is 7. The fraction of sp³-hybridized carbons (Fsp3) is 0.385. The molecular weight excluding hydrogens is 414 g/mol. The minimum absolute atomic E-state index is 0.0302. The largest absolute Gasteiger partial charge is 0.372 e. The van der Waals surface area contributed by atoms with Crippen LogP contribution in [-0.4, -0.2) is 39.2 Å². The molecule has 168 valence electrons. The van der Waals surface area contributed by atoms with E-state index in [4.69, 9.17) is 12.2 Å². The van der Waals surface area contributed by atoms with Gasteiger partial charge in [-0.2, -0.15) is 0 Å². The molecular formula is C26H33N5S. The molecule has 2 aromatic heterocycles. The van der Waals surface area contributed by atoms with Gasteiger partial charge in [0.1, 0.15) is 0 Å². The molecule has 0 saturated carbocycles. The van der Waals surface area contributed by atoms with Crippen molar-refractivity contribution in [2.45, 2.75) is 46.7 Å². The average Bonchev–Trinajstić information content (AvgIpc) is 3.30. The van der Waals surface area contributed by atoms with Crippen LogP contribution in [0.15, 0.2) is 54.7 Å². The first-order chi connectivity index (χ1) is 15.5. The summed E-state index contributed by atoms with van der Waals surface area (Å²) < 4.78 is 2.35. The molecule has 1 saturated heterocycles. The summed E-state index contributed by atoms with van der Waals surface area (Å²) in [5, 5.41) is 4.32. The van der Waals surface area contributed by atoms with E-state index in [1.54, 1.807) is 0 Å². The molecule has 1 N–H and O–H groups in total. The molecule has 1 aromatic carbocycles. The maximum atomic E-state index is 5.71. The lowest BCUT2D eigenvalue weighted by Gasteiger charge is -2.27. The summed E-state index contributed by atoms with van der Waals surface area (Å²) in [4.78, 5) is 9.29. The predicted molar refractivity (Wildman–Crippen MR) is 137 cm³/mol. The van der Waals surface area contributed by atoms with Gasteiger partial charge in [-0.1, -0.05) is 6.07 Å². The molecule has 3 aromatic rings. The summed E-state index contributed by atoms with van der Waals surface area (Å²) >= 11 is 5.71. The topological polar surface area (TPSA) is 36.3 Å². The summed E-state index contributed by atoms with van der Waals surface area (Å²) in [6, 6.07) is 17.4. The molecule has 0 unspecified atom stereocenters. The van der Waals surface area contributed by atoms with Gasteiger partial charge in [0.05, 0.1) is 17.8 Å². The van der Waals surface area contributed by atoms with Crippen LogP contribution in [0, 0.1) is 13.8 Å². The van der Waals surface area contributed by atoms with Crippen molar-refractivity contribution in [1.82, 2.24) is 19.8 Å². The highest BCUT2D eigenvalue weighted by Gasteiger charge is 2.40. The van der Waals surface area contributed by atoms with E-state index in [0.717, 1.165) is 30.4 Å². The molecule has 0 aliphatic carbocycles. The maximum Gasteiger partial charge on any atom is 0.170 e. The van der Waals surface area contributed by atoms with Gasteiger partial charge >= 0.3 is 0 Å². The molecule has 0 spiro atoms. The zero-order chi connectivity index (χ0) is 22.8. The second kappa shape index (κ2) is 9.33. The molecule has 2 atom stereocenters. The van der Waals surface area contributed by atoms with Crippen molar-refractivity contribution >= 4 is 23.0 Å². The fourth-order valence-electron chi connectivity index (χ4n) is 4.97. The Kier molecular flexibility index (Phi) is 6.51. The highest BCUT2D eigenvalue weighted by Crippen LogP contribution is 2.41. The summed E-state index contributed by atoms with van der Waals surface area (Å²) in [5.74, 6) is 0. The smallest absolute Gasteiger partial charge is 0.170 e. The lowest BCUT2D eigenvalue weighted by molar-refractivity contribution is 0.329. The van der Waals surface area contributed by atoms with Gasteiger partial charge in [0.25, 0.3) is 0 Å². The molecule has 3 heterocycles. The Morgan fingerprint density at radius 1 is 1.03 bits per heavy atom. The van der Waals surface area contributed by atoms with Crippen LogP contribution in [-0.2, 0) is 0 Å². The number of nitrogens with zero attached hydrogens (tertiary/aromatic N) is 4. The number of anilines is 1. The normalized spacial score (nSPS) is 18.2. The number of thiocarbonyl (C=S) groups is 1. The lowest BCUT2D eigenvalue weighted by Crippen LogP contribution is -2.29. The Morgan fingerprint density at radius 2 is 1.75 bits per heavy atom. The standard InChI is InChI=1S/C26H33N5S/c1-6-29(7-2)20-12-14-21(15-13-20)31-18(4)17-22(19(31)5)25-24(23-11-9-10-16-27-23)28-26(32)30(25)8-3/h9-17,24-25H,6-8H2,1-5H3,(H,28,32)/t24-,25-/m1/s1. The Morgan fingerprint density at radius 3 is 2.34 bits per heavy atom. The number of aryl methyl sites for hydroxylation is 1. The van der Waals surface area contributed by atoms with Crippen LogP contribution in [0.2, 0.25) is 0 Å². The van der Waals surface area contributed by atoms with Gasteiger partial charge in [-0.3, -0.25) is 4.98 Å². The van der Waals surface area contributed by atoms with E-state index in [1.165, 1.54) is 28.3 Å². The van der Waals surface area contributed by atoms with Crippen LogP contribution in [0.4, 0.5) is 5.69 Å². The van der Waals surface area contributed by atoms with E-state index in [2.05, 4.69) is 95.7 Å². The van der Waals surface area contributed by atoms with E-state index in [0.29, 0.717) is 0 Å². The van der Waals surface area contributed by atoms with E-state index in [1.807, 2.05) is 18.3 Å². The lowest BCUT2D eigenvalue weighted by atomic mass is 9.97. The van der Waals surface area contributed by atoms with Gasteiger partial charge in [-0.05, 0) is 94.9 Å². The van der Waals surface area contributed by atoms with Crippen molar-refractivity contribution in [3.05, 3.63) is 77.4 Å². The zero-order valence-electron chi connectivity index (χ0n) is 19.7. The number of aromatic nitrogens is 2. The van der Waals surface area contributed by atoms with Crippen molar-refractivity contribution < 1.29 is 0 Å². The molecule has 0 amide bonds. The first kappa shape index (κ1) is 22.3. The molecule has 32 heavy (non-hydrogen) atoms. The third kappa shape index (κ3) is 3.88. The number of nitrogens with one attached hydrogen (secondary N) is 1. The molecule has 4 rings (SSSR count). The first-order valence-corrected chi connectivity index (χ1v) is 11.9. The zero-order valence-corrected chi connectivity index (χ0v) is 20.5. The monoisotopic (exact) mass is 447 g/mol. The second-order valence-electron chi connectivity index (χ2n) is 8.26. The number of likely N-dealkylation sites (N-methyl/N-ethyl adjacent to an activating group) is 1. The fourth-order valence-corrected chi connectivity index (χ4v) is 5.34. The summed E-state index contributed by atoms with van der Waals surface area (Å²) in [7, 11) is 0. The third-order valence-corrected chi connectivity index (χ3v) is 6.92. The van der Waals surface area contributed by atoms with Gasteiger partial charge in [-0.15, -0.1) is 0 Å². The predicted octanol–water partition coefficient (Wildman–Crippen LogP) is 5.33. The minimum atomic E-state index is 0.0302. The van der Waals surface area contributed by atoms with Crippen LogP contribution < -0.4 is 10.2 Å². The Balaban J connectivity index is 1.75. The summed E-state index contributed by atoms with van der Waals surface area (Å²) in [6.45, 7) is 13.8. The van der Waals surface area contributed by atoms with E-state index < -0.39 is 0 Å². The van der Waals surface area contributed by atoms with Crippen LogP contribution in [0.1, 0.15) is 55.5 Å². The molecule has 0 bridgehead atoms. The van der Waals surface area contributed by atoms with Crippen molar-refractivity contribution in [1.29, 1.82) is 0 Å². The Bertz CT molecular complexity index is 1070. The van der Waals surface area contributed by atoms with E-state index in [-0.39, 0.29) is 12.1 Å². The number of hydrogen-bond donors (Lipinski definition) is 1. The van der Waals surface area contributed by atoms with Crippen LogP contribution in [0.3, 0.4) is 0 Å². The highest BCUT2D eigenvalue weighted by atomic mass is 32.1. The Labute approximate surface area is 197 Å². The summed E-state index contributed by atoms with van der Waals surface area (Å²) in [5.41, 5.74) is 7.23. The van der Waals surface area contributed by atoms with Crippen LogP contribution >= 0.6 is 12.2 Å². The van der Waals surface area contributed by atoms with Gasteiger partial charge in [0, 0.05) is 48.6 Å². The van der Waals surface area contributed by atoms with Crippen molar-refractivity contribution in [3.63, 3.8) is 0 Å². The number of pyridine rings is 1. The van der Waals surface area contributed by atoms with Gasteiger partial charge in [0.2, 0.25) is 0 Å². The minimum Gasteiger partial charge on any atom is -0.372 e. The highest BCUT2D eigenvalue weighted by molar-refractivity contribution is 7.80. The SMILES string of the molecule is CCN(CC)c1ccc(-n2c(C)cc([C@@H]3[C@@H](c4ccccn4)NC(=S)N3CC)c2C)cc1. The van der Waals surface area contributed by atoms with Crippen molar-refractivity contribution in [2.24, 2.45) is 0 Å². The molecule has 1 aliphatic heterocycles. The Hall–Kier alpha value is -2.86. The molecule has 6 heteroatoms. The second-order valence-corrected chi connectivity index (χ2v) is 8.65. The molecule has 1 fully saturated rings. The third-order valence-electron chi connectivity index (χ3n) is 6.56. The van der Waals surface area contributed by atoms with Crippen LogP contribution in [0.25, 0.3) is 5.69 Å². The van der Waals surface area contributed by atoms with E-state index in [9.17, 15) is 0 Å². The average molecular weight is 448 g/mol. The summed E-state index contributed by atoms with van der Waals surface area (Å²) in [6.07, 6.45) is 1.85. The molecule has 5 nitrogen and oxygen atoms in total. The van der Waals surface area contributed by atoms with Gasteiger partial charge in [0.15, 0.2) is 5.11 Å². The number of hydrogen-bond acceptors (Lipinski definition) is 3. The molecule has 0 radical (unpaired) electrons. The van der Waals surface area contributed by atoms with Crippen molar-refractivity contribution in [3.8, 4) is 5.69 Å². The number of benzene rings is 1. The van der Waals surface area contributed by atoms with Crippen LogP contribution in [0.5, 0.6) is 0 Å². The van der Waals surface area contributed by atoms with Gasteiger partial charge < -0.3 is 19.7 Å². The van der Waals surface area contributed by atoms with E-state index >= 15 is 0 Å². The first-order valence-electron chi connectivity index (χ1n) is 11.5. The maximum absolute atomic E-state index is 5.71. The van der Waals surface area contributed by atoms with Gasteiger partial charge in [-0.25, -0.2) is 0 Å². The molecule has 1 aliphatic rings. The van der Waals surface area contributed by atoms with Crippen molar-refractivity contribution in [2.75, 3.05) is 24.5 Å². The quantitative estimate of drug-likeness (QED) is 0.496.